The average molecular weight is 275 g/mol. The molecule has 0 fully saturated rings. The van der Waals surface area contributed by atoms with Crippen LogP contribution in [-0.4, -0.2) is 12.6 Å². The Morgan fingerprint density at radius 1 is 1.35 bits per heavy atom. The zero-order chi connectivity index (χ0) is 12.7. The molecule has 17 heavy (non-hydrogen) atoms. The first-order chi connectivity index (χ1) is 8.08. The Bertz CT molecular complexity index is 312. The molecule has 0 radical (unpaired) electrons. The van der Waals surface area contributed by atoms with Crippen molar-refractivity contribution < 1.29 is 0 Å². The van der Waals surface area contributed by atoms with Crippen LogP contribution < -0.4 is 11.1 Å². The minimum Gasteiger partial charge on any atom is -0.328 e. The summed E-state index contributed by atoms with van der Waals surface area (Å²) in [6.07, 6.45) is 3.61. The smallest absolute Gasteiger partial charge is 0.0931 e. The quantitative estimate of drug-likeness (QED) is 0.759. The molecule has 0 aromatic carbocycles. The van der Waals surface area contributed by atoms with E-state index in [1.165, 1.54) is 17.7 Å². The molecule has 1 aromatic heterocycles. The monoisotopic (exact) mass is 274 g/mol. The molecule has 2 unspecified atom stereocenters. The van der Waals surface area contributed by atoms with Crippen molar-refractivity contribution in [3.8, 4) is 0 Å². The molecule has 0 saturated carbocycles. The van der Waals surface area contributed by atoms with E-state index in [9.17, 15) is 0 Å². The maximum Gasteiger partial charge on any atom is 0.0931 e. The van der Waals surface area contributed by atoms with Gasteiger partial charge in [0.05, 0.1) is 4.34 Å². The first-order valence-electron chi connectivity index (χ1n) is 6.28. The number of rotatable bonds is 8. The Kier molecular flexibility index (Phi) is 7.12. The van der Waals surface area contributed by atoms with Gasteiger partial charge in [-0.15, -0.1) is 11.3 Å². The Morgan fingerprint density at radius 3 is 2.71 bits per heavy atom. The van der Waals surface area contributed by atoms with Crippen molar-refractivity contribution in [3.63, 3.8) is 0 Å². The highest BCUT2D eigenvalue weighted by molar-refractivity contribution is 7.16. The highest BCUT2D eigenvalue weighted by Crippen LogP contribution is 2.21. The number of hydrogen-bond donors (Lipinski definition) is 2. The van der Waals surface area contributed by atoms with E-state index in [-0.39, 0.29) is 0 Å². The van der Waals surface area contributed by atoms with Gasteiger partial charge in [-0.3, -0.25) is 0 Å². The molecule has 4 heteroatoms. The van der Waals surface area contributed by atoms with Gasteiger partial charge in [0.2, 0.25) is 0 Å². The normalized spacial score (nSPS) is 14.8. The van der Waals surface area contributed by atoms with E-state index >= 15 is 0 Å². The summed E-state index contributed by atoms with van der Waals surface area (Å²) in [7, 11) is 0. The first kappa shape index (κ1) is 15.0. The van der Waals surface area contributed by atoms with Crippen LogP contribution in [0.2, 0.25) is 4.34 Å². The standard InChI is InChI=1S/C13H23ClN2S/c1-10(4-3-5-11(2)15)8-16-9-12-6-7-13(14)17-12/h6-7,10-11,16H,3-5,8-9,15H2,1-2H3. The summed E-state index contributed by atoms with van der Waals surface area (Å²) in [5, 5.41) is 3.47. The lowest BCUT2D eigenvalue weighted by molar-refractivity contribution is 0.449. The summed E-state index contributed by atoms with van der Waals surface area (Å²) < 4.78 is 0.867. The molecule has 1 heterocycles. The van der Waals surface area contributed by atoms with Gasteiger partial charge in [0.1, 0.15) is 0 Å². The molecule has 0 spiro atoms. The summed E-state index contributed by atoms with van der Waals surface area (Å²) in [6.45, 7) is 6.35. The van der Waals surface area contributed by atoms with Crippen molar-refractivity contribution in [2.24, 2.45) is 11.7 Å². The van der Waals surface area contributed by atoms with Crippen molar-refractivity contribution >= 4 is 22.9 Å². The second-order valence-electron chi connectivity index (χ2n) is 4.85. The van der Waals surface area contributed by atoms with E-state index in [2.05, 4.69) is 25.2 Å². The summed E-state index contributed by atoms with van der Waals surface area (Å²) >= 11 is 7.53. The van der Waals surface area contributed by atoms with Crippen LogP contribution in [0.15, 0.2) is 12.1 Å². The summed E-state index contributed by atoms with van der Waals surface area (Å²) in [5.41, 5.74) is 5.73. The summed E-state index contributed by atoms with van der Waals surface area (Å²) in [5.74, 6) is 0.712. The van der Waals surface area contributed by atoms with Gasteiger partial charge in [-0.25, -0.2) is 0 Å². The second-order valence-corrected chi connectivity index (χ2v) is 6.65. The van der Waals surface area contributed by atoms with Crippen LogP contribution in [0.5, 0.6) is 0 Å². The SMILES string of the molecule is CC(N)CCCC(C)CNCc1ccc(Cl)s1. The van der Waals surface area contributed by atoms with E-state index in [1.54, 1.807) is 11.3 Å². The van der Waals surface area contributed by atoms with E-state index in [1.807, 2.05) is 6.07 Å². The molecule has 0 bridgehead atoms. The van der Waals surface area contributed by atoms with E-state index in [0.717, 1.165) is 23.8 Å². The molecule has 0 amide bonds. The number of nitrogens with two attached hydrogens (primary N) is 1. The summed E-state index contributed by atoms with van der Waals surface area (Å²) in [6, 6.07) is 4.37. The maximum absolute atomic E-state index is 5.88. The molecule has 0 saturated heterocycles. The highest BCUT2D eigenvalue weighted by Gasteiger charge is 2.03. The molecule has 2 atom stereocenters. The fourth-order valence-corrected chi connectivity index (χ4v) is 2.84. The third-order valence-corrected chi connectivity index (χ3v) is 4.01. The molecular formula is C13H23ClN2S. The molecule has 0 aliphatic rings. The molecule has 2 nitrogen and oxygen atoms in total. The Morgan fingerprint density at radius 2 is 2.12 bits per heavy atom. The minimum atomic E-state index is 0.336. The predicted octanol–water partition coefficient (Wildman–Crippen LogP) is 3.64. The molecule has 0 aliphatic carbocycles. The molecule has 1 rings (SSSR count). The lowest BCUT2D eigenvalue weighted by atomic mass is 10.0. The molecule has 1 aromatic rings. The molecular weight excluding hydrogens is 252 g/mol. The van der Waals surface area contributed by atoms with E-state index in [4.69, 9.17) is 17.3 Å². The van der Waals surface area contributed by atoms with Gasteiger partial charge in [0.25, 0.3) is 0 Å². The van der Waals surface area contributed by atoms with Crippen LogP contribution in [0, 0.1) is 5.92 Å². The number of hydrogen-bond acceptors (Lipinski definition) is 3. The van der Waals surface area contributed by atoms with Gasteiger partial charge in [0, 0.05) is 17.5 Å². The van der Waals surface area contributed by atoms with Crippen molar-refractivity contribution in [2.45, 2.75) is 45.7 Å². The van der Waals surface area contributed by atoms with E-state index in [0.29, 0.717) is 12.0 Å². The Hall–Kier alpha value is -0.0900. The fourth-order valence-electron chi connectivity index (χ4n) is 1.78. The maximum atomic E-state index is 5.88. The lowest BCUT2D eigenvalue weighted by Gasteiger charge is -2.12. The number of halogens is 1. The predicted molar refractivity (Wildman–Crippen MR) is 77.7 cm³/mol. The topological polar surface area (TPSA) is 38.0 Å². The van der Waals surface area contributed by atoms with Gasteiger partial charge in [0.15, 0.2) is 0 Å². The highest BCUT2D eigenvalue weighted by atomic mass is 35.5. The third kappa shape index (κ3) is 7.04. The Labute approximate surface area is 114 Å². The zero-order valence-electron chi connectivity index (χ0n) is 10.7. The molecule has 3 N–H and O–H groups in total. The van der Waals surface area contributed by atoms with Crippen LogP contribution >= 0.6 is 22.9 Å². The fraction of sp³-hybridized carbons (Fsp3) is 0.692. The van der Waals surface area contributed by atoms with E-state index < -0.39 is 0 Å². The number of nitrogens with one attached hydrogen (secondary N) is 1. The van der Waals surface area contributed by atoms with Crippen molar-refractivity contribution in [3.05, 3.63) is 21.3 Å². The Balaban J connectivity index is 2.05. The molecule has 98 valence electrons. The van der Waals surface area contributed by atoms with Gasteiger partial charge in [-0.1, -0.05) is 24.9 Å². The first-order valence-corrected chi connectivity index (χ1v) is 7.48. The van der Waals surface area contributed by atoms with Crippen molar-refractivity contribution in [2.75, 3.05) is 6.54 Å². The van der Waals surface area contributed by atoms with Crippen LogP contribution in [0.1, 0.15) is 38.0 Å². The lowest BCUT2D eigenvalue weighted by Crippen LogP contribution is -2.21. The van der Waals surface area contributed by atoms with Crippen LogP contribution in [0.4, 0.5) is 0 Å². The zero-order valence-corrected chi connectivity index (χ0v) is 12.3. The van der Waals surface area contributed by atoms with Crippen molar-refractivity contribution in [1.82, 2.24) is 5.32 Å². The minimum absolute atomic E-state index is 0.336. The van der Waals surface area contributed by atoms with Gasteiger partial charge in [-0.2, -0.15) is 0 Å². The third-order valence-electron chi connectivity index (χ3n) is 2.78. The number of thiophene rings is 1. The van der Waals surface area contributed by atoms with Gasteiger partial charge >= 0.3 is 0 Å². The van der Waals surface area contributed by atoms with Gasteiger partial charge < -0.3 is 11.1 Å². The van der Waals surface area contributed by atoms with Crippen LogP contribution in [0.3, 0.4) is 0 Å². The largest absolute Gasteiger partial charge is 0.328 e. The second kappa shape index (κ2) is 8.09. The average Bonchev–Trinajstić information content (AvgIpc) is 2.63. The van der Waals surface area contributed by atoms with Crippen LogP contribution in [0.25, 0.3) is 0 Å². The molecule has 0 aliphatic heterocycles. The van der Waals surface area contributed by atoms with Gasteiger partial charge in [-0.05, 0) is 44.4 Å². The summed E-state index contributed by atoms with van der Waals surface area (Å²) in [4.78, 5) is 1.30. The van der Waals surface area contributed by atoms with Crippen LogP contribution in [-0.2, 0) is 6.54 Å². The van der Waals surface area contributed by atoms with Crippen molar-refractivity contribution in [1.29, 1.82) is 0 Å².